The zero-order valence-electron chi connectivity index (χ0n) is 11.7. The Morgan fingerprint density at radius 1 is 1.33 bits per heavy atom. The minimum absolute atomic E-state index is 0.236. The Kier molecular flexibility index (Phi) is 6.01. The summed E-state index contributed by atoms with van der Waals surface area (Å²) in [5.74, 6) is 0. The largest absolute Gasteiger partial charge is 0.389 e. The molecule has 1 heterocycles. The Morgan fingerprint density at radius 3 is 2.50 bits per heavy atom. The molecule has 0 radical (unpaired) electrons. The van der Waals surface area contributed by atoms with E-state index >= 15 is 0 Å². The fraction of sp³-hybridized carbons (Fsp3) is 1.00. The normalized spacial score (nSPS) is 21.8. The quantitative estimate of drug-likeness (QED) is 0.641. The molecule has 0 bridgehead atoms. The van der Waals surface area contributed by atoms with Crippen molar-refractivity contribution < 1.29 is 19.7 Å². The number of aliphatic hydroxyl groups is 2. The lowest BCUT2D eigenvalue weighted by Gasteiger charge is -2.32. The lowest BCUT2D eigenvalue weighted by Crippen LogP contribution is -2.47. The van der Waals surface area contributed by atoms with Gasteiger partial charge in [0.15, 0.2) is 0 Å². The predicted octanol–water partition coefficient (Wildman–Crippen LogP) is 0.293. The standard InChI is InChI=1S/C13H27NO4/c1-12(2,3)18-9-11(15)8-14-10-13(16)4-6-17-7-5-13/h11,14-16H,4-10H2,1-3H3. The summed E-state index contributed by atoms with van der Waals surface area (Å²) in [6.45, 7) is 8.30. The van der Waals surface area contributed by atoms with Gasteiger partial charge in [0.05, 0.1) is 23.9 Å². The molecule has 0 aromatic rings. The van der Waals surface area contributed by atoms with Crippen LogP contribution in [0.25, 0.3) is 0 Å². The van der Waals surface area contributed by atoms with Crippen molar-refractivity contribution in [3.63, 3.8) is 0 Å². The highest BCUT2D eigenvalue weighted by Gasteiger charge is 2.29. The predicted molar refractivity (Wildman–Crippen MR) is 69.6 cm³/mol. The van der Waals surface area contributed by atoms with E-state index < -0.39 is 11.7 Å². The van der Waals surface area contributed by atoms with E-state index in [2.05, 4.69) is 5.32 Å². The van der Waals surface area contributed by atoms with Crippen molar-refractivity contribution >= 4 is 0 Å². The minimum atomic E-state index is -0.692. The molecular formula is C13H27NO4. The molecule has 0 aliphatic carbocycles. The molecule has 1 rings (SSSR count). The summed E-state index contributed by atoms with van der Waals surface area (Å²) in [5.41, 5.74) is -0.928. The summed E-state index contributed by atoms with van der Waals surface area (Å²) in [4.78, 5) is 0. The lowest BCUT2D eigenvalue weighted by molar-refractivity contribution is -0.0672. The third-order valence-corrected chi connectivity index (χ3v) is 2.97. The van der Waals surface area contributed by atoms with E-state index in [-0.39, 0.29) is 5.60 Å². The van der Waals surface area contributed by atoms with Gasteiger partial charge in [-0.15, -0.1) is 0 Å². The van der Waals surface area contributed by atoms with Crippen LogP contribution in [0.2, 0.25) is 0 Å². The topological polar surface area (TPSA) is 71.0 Å². The first-order chi connectivity index (χ1) is 8.31. The van der Waals surface area contributed by atoms with Gasteiger partial charge in [-0.1, -0.05) is 0 Å². The second kappa shape index (κ2) is 6.82. The van der Waals surface area contributed by atoms with E-state index in [0.29, 0.717) is 45.8 Å². The third-order valence-electron chi connectivity index (χ3n) is 2.97. The van der Waals surface area contributed by atoms with Gasteiger partial charge in [-0.3, -0.25) is 0 Å². The van der Waals surface area contributed by atoms with Gasteiger partial charge in [-0.2, -0.15) is 0 Å². The van der Waals surface area contributed by atoms with Gasteiger partial charge in [0, 0.05) is 39.1 Å². The zero-order chi connectivity index (χ0) is 13.6. The fourth-order valence-corrected chi connectivity index (χ4v) is 1.80. The van der Waals surface area contributed by atoms with Crippen molar-refractivity contribution in [2.45, 2.75) is 50.9 Å². The number of ether oxygens (including phenoxy) is 2. The van der Waals surface area contributed by atoms with Gasteiger partial charge in [0.1, 0.15) is 0 Å². The molecule has 0 saturated carbocycles. The maximum Gasteiger partial charge on any atom is 0.0897 e. The molecule has 3 N–H and O–H groups in total. The summed E-state index contributed by atoms with van der Waals surface area (Å²) >= 11 is 0. The summed E-state index contributed by atoms with van der Waals surface area (Å²) in [7, 11) is 0. The SMILES string of the molecule is CC(C)(C)OCC(O)CNCC1(O)CCOCC1. The molecule has 1 saturated heterocycles. The maximum atomic E-state index is 10.2. The number of rotatable bonds is 6. The van der Waals surface area contributed by atoms with Gasteiger partial charge >= 0.3 is 0 Å². The average molecular weight is 261 g/mol. The van der Waals surface area contributed by atoms with Crippen LogP contribution < -0.4 is 5.32 Å². The Balaban J connectivity index is 2.13. The van der Waals surface area contributed by atoms with Crippen molar-refractivity contribution in [3.8, 4) is 0 Å². The molecular weight excluding hydrogens is 234 g/mol. The Morgan fingerprint density at radius 2 is 1.94 bits per heavy atom. The molecule has 108 valence electrons. The summed E-state index contributed by atoms with van der Waals surface area (Å²) in [6.07, 6.45) is 0.746. The van der Waals surface area contributed by atoms with Crippen LogP contribution in [0.3, 0.4) is 0 Å². The molecule has 1 atom stereocenters. The molecule has 0 aromatic carbocycles. The highest BCUT2D eigenvalue weighted by molar-refractivity contribution is 4.83. The Labute approximate surface area is 109 Å². The molecule has 1 fully saturated rings. The first-order valence-electron chi connectivity index (χ1n) is 6.64. The lowest BCUT2D eigenvalue weighted by atomic mass is 9.94. The van der Waals surface area contributed by atoms with E-state index in [1.54, 1.807) is 0 Å². The number of hydrogen-bond acceptors (Lipinski definition) is 5. The summed E-state index contributed by atoms with van der Waals surface area (Å²) in [6, 6.07) is 0. The summed E-state index contributed by atoms with van der Waals surface area (Å²) in [5, 5.41) is 23.0. The average Bonchev–Trinajstić information content (AvgIpc) is 2.26. The van der Waals surface area contributed by atoms with Crippen LogP contribution in [-0.4, -0.2) is 60.4 Å². The molecule has 0 spiro atoms. The molecule has 5 heteroatoms. The zero-order valence-corrected chi connectivity index (χ0v) is 11.7. The third kappa shape index (κ3) is 6.66. The second-order valence-corrected chi connectivity index (χ2v) is 6.04. The number of aliphatic hydroxyl groups excluding tert-OH is 1. The fourth-order valence-electron chi connectivity index (χ4n) is 1.80. The van der Waals surface area contributed by atoms with E-state index in [4.69, 9.17) is 9.47 Å². The molecule has 1 unspecified atom stereocenters. The van der Waals surface area contributed by atoms with Crippen molar-refractivity contribution in [3.05, 3.63) is 0 Å². The highest BCUT2D eigenvalue weighted by Crippen LogP contribution is 2.19. The van der Waals surface area contributed by atoms with Crippen LogP contribution in [0.5, 0.6) is 0 Å². The first-order valence-corrected chi connectivity index (χ1v) is 6.64. The van der Waals surface area contributed by atoms with Crippen LogP contribution in [0, 0.1) is 0 Å². The second-order valence-electron chi connectivity index (χ2n) is 6.04. The summed E-state index contributed by atoms with van der Waals surface area (Å²) < 4.78 is 10.7. The van der Waals surface area contributed by atoms with Crippen molar-refractivity contribution in [2.24, 2.45) is 0 Å². The minimum Gasteiger partial charge on any atom is -0.389 e. The van der Waals surface area contributed by atoms with Crippen LogP contribution in [-0.2, 0) is 9.47 Å². The molecule has 5 nitrogen and oxygen atoms in total. The molecule has 1 aliphatic heterocycles. The van der Waals surface area contributed by atoms with Gasteiger partial charge < -0.3 is 25.0 Å². The van der Waals surface area contributed by atoms with Crippen LogP contribution in [0.4, 0.5) is 0 Å². The van der Waals surface area contributed by atoms with E-state index in [1.165, 1.54) is 0 Å². The van der Waals surface area contributed by atoms with Gasteiger partial charge in [-0.05, 0) is 20.8 Å². The number of hydrogen-bond donors (Lipinski definition) is 3. The van der Waals surface area contributed by atoms with Crippen molar-refractivity contribution in [1.29, 1.82) is 0 Å². The van der Waals surface area contributed by atoms with Gasteiger partial charge in [0.25, 0.3) is 0 Å². The molecule has 0 amide bonds. The first kappa shape index (κ1) is 15.9. The van der Waals surface area contributed by atoms with E-state index in [0.717, 1.165) is 0 Å². The molecule has 0 aromatic heterocycles. The molecule has 1 aliphatic rings. The van der Waals surface area contributed by atoms with Crippen LogP contribution in [0.15, 0.2) is 0 Å². The van der Waals surface area contributed by atoms with E-state index in [9.17, 15) is 10.2 Å². The Hall–Kier alpha value is -0.200. The van der Waals surface area contributed by atoms with Crippen molar-refractivity contribution in [1.82, 2.24) is 5.32 Å². The maximum absolute atomic E-state index is 10.2. The monoisotopic (exact) mass is 261 g/mol. The van der Waals surface area contributed by atoms with Crippen LogP contribution in [0.1, 0.15) is 33.6 Å². The van der Waals surface area contributed by atoms with Crippen molar-refractivity contribution in [2.75, 3.05) is 32.9 Å². The van der Waals surface area contributed by atoms with Crippen LogP contribution >= 0.6 is 0 Å². The smallest absolute Gasteiger partial charge is 0.0897 e. The molecule has 18 heavy (non-hydrogen) atoms. The number of nitrogens with one attached hydrogen (secondary N) is 1. The Bertz CT molecular complexity index is 234. The van der Waals surface area contributed by atoms with Gasteiger partial charge in [-0.25, -0.2) is 0 Å². The van der Waals surface area contributed by atoms with Gasteiger partial charge in [0.2, 0.25) is 0 Å². The highest BCUT2D eigenvalue weighted by atomic mass is 16.5. The van der Waals surface area contributed by atoms with E-state index in [1.807, 2.05) is 20.8 Å².